The minimum Gasteiger partial charge on any atom is -0.507 e. The summed E-state index contributed by atoms with van der Waals surface area (Å²) in [6.07, 6.45) is 0. The molecule has 0 aliphatic heterocycles. The Morgan fingerprint density at radius 2 is 0.645 bits per heavy atom. The van der Waals surface area contributed by atoms with Gasteiger partial charge in [-0.3, -0.25) is 0 Å². The third kappa shape index (κ3) is 3.86. The van der Waals surface area contributed by atoms with Gasteiger partial charge in [0.1, 0.15) is 5.75 Å². The van der Waals surface area contributed by atoms with Crippen molar-refractivity contribution >= 4 is 0 Å². The predicted octanol–water partition coefficient (Wildman–Crippen LogP) is 8.06. The summed E-state index contributed by atoms with van der Waals surface area (Å²) in [5.74, 6) is 0.307. The molecule has 0 aromatic heterocycles. The number of hydrogen-bond donors (Lipinski definition) is 1. The van der Waals surface area contributed by atoms with Crippen molar-refractivity contribution in [1.29, 1.82) is 0 Å². The van der Waals surface area contributed by atoms with Crippen LogP contribution in [0.15, 0.2) is 127 Å². The Kier molecular flexibility index (Phi) is 5.08. The molecular formula is C30H22O. The van der Waals surface area contributed by atoms with E-state index >= 15 is 0 Å². The van der Waals surface area contributed by atoms with Gasteiger partial charge in [0.25, 0.3) is 0 Å². The second-order valence-corrected chi connectivity index (χ2v) is 7.60. The van der Waals surface area contributed by atoms with Gasteiger partial charge in [-0.2, -0.15) is 0 Å². The topological polar surface area (TPSA) is 20.2 Å². The number of phenolic OH excluding ortho intramolecular Hbond substituents is 1. The van der Waals surface area contributed by atoms with E-state index in [-0.39, 0.29) is 0 Å². The van der Waals surface area contributed by atoms with Crippen LogP contribution in [0.25, 0.3) is 44.5 Å². The van der Waals surface area contributed by atoms with Crippen molar-refractivity contribution in [2.75, 3.05) is 0 Å². The molecule has 0 aliphatic carbocycles. The maximum absolute atomic E-state index is 11.2. The fraction of sp³-hybridized carbons (Fsp3) is 0. The monoisotopic (exact) mass is 398 g/mol. The first kappa shape index (κ1) is 18.9. The van der Waals surface area contributed by atoms with Gasteiger partial charge in [0.2, 0.25) is 0 Å². The standard InChI is InChI=1S/C30H22O/c31-30-28(25-12-6-2-7-13-25)20-27(21-29(30)26-14-8-3-9-15-26)24-18-16-23(17-19-24)22-10-4-1-5-11-22/h1-21,31H. The van der Waals surface area contributed by atoms with Gasteiger partial charge in [0.05, 0.1) is 0 Å². The summed E-state index contributed by atoms with van der Waals surface area (Å²) < 4.78 is 0. The highest BCUT2D eigenvalue weighted by Crippen LogP contribution is 2.42. The zero-order valence-corrected chi connectivity index (χ0v) is 17.1. The molecule has 0 spiro atoms. The average Bonchev–Trinajstić information content (AvgIpc) is 2.86. The van der Waals surface area contributed by atoms with Crippen LogP contribution >= 0.6 is 0 Å². The van der Waals surface area contributed by atoms with Crippen molar-refractivity contribution in [2.45, 2.75) is 0 Å². The van der Waals surface area contributed by atoms with Gasteiger partial charge in [-0.05, 0) is 45.5 Å². The van der Waals surface area contributed by atoms with Gasteiger partial charge in [-0.15, -0.1) is 0 Å². The Hall–Kier alpha value is -4.10. The van der Waals surface area contributed by atoms with Crippen molar-refractivity contribution in [3.05, 3.63) is 127 Å². The van der Waals surface area contributed by atoms with Crippen molar-refractivity contribution in [1.82, 2.24) is 0 Å². The van der Waals surface area contributed by atoms with E-state index < -0.39 is 0 Å². The van der Waals surface area contributed by atoms with Gasteiger partial charge in [0, 0.05) is 11.1 Å². The third-order valence-electron chi connectivity index (χ3n) is 5.60. The molecule has 1 heteroatoms. The van der Waals surface area contributed by atoms with Crippen molar-refractivity contribution in [3.63, 3.8) is 0 Å². The predicted molar refractivity (Wildman–Crippen MR) is 130 cm³/mol. The fourth-order valence-corrected chi connectivity index (χ4v) is 3.96. The smallest absolute Gasteiger partial charge is 0.131 e. The molecule has 0 atom stereocenters. The van der Waals surface area contributed by atoms with Crippen LogP contribution in [-0.2, 0) is 0 Å². The van der Waals surface area contributed by atoms with Crippen LogP contribution in [0.3, 0.4) is 0 Å². The molecule has 5 aromatic rings. The molecule has 0 radical (unpaired) electrons. The average molecular weight is 399 g/mol. The van der Waals surface area contributed by atoms with Crippen LogP contribution in [0.1, 0.15) is 0 Å². The van der Waals surface area contributed by atoms with Crippen LogP contribution in [0.2, 0.25) is 0 Å². The normalized spacial score (nSPS) is 10.7. The van der Waals surface area contributed by atoms with E-state index in [0.29, 0.717) is 5.75 Å². The summed E-state index contributed by atoms with van der Waals surface area (Å²) in [4.78, 5) is 0. The van der Waals surface area contributed by atoms with Crippen LogP contribution in [0.5, 0.6) is 5.75 Å². The molecule has 1 N–H and O–H groups in total. The van der Waals surface area contributed by atoms with Crippen molar-refractivity contribution < 1.29 is 5.11 Å². The van der Waals surface area contributed by atoms with E-state index in [0.717, 1.165) is 33.4 Å². The number of rotatable bonds is 4. The highest BCUT2D eigenvalue weighted by Gasteiger charge is 2.14. The lowest BCUT2D eigenvalue weighted by Crippen LogP contribution is -1.88. The zero-order chi connectivity index (χ0) is 21.0. The van der Waals surface area contributed by atoms with Crippen molar-refractivity contribution in [2.24, 2.45) is 0 Å². The summed E-state index contributed by atoms with van der Waals surface area (Å²) in [5, 5.41) is 11.2. The summed E-state index contributed by atoms with van der Waals surface area (Å²) in [5.41, 5.74) is 8.27. The van der Waals surface area contributed by atoms with Crippen LogP contribution in [0, 0.1) is 0 Å². The lowest BCUT2D eigenvalue weighted by molar-refractivity contribution is 0.479. The number of hydrogen-bond acceptors (Lipinski definition) is 1. The molecule has 0 aliphatic rings. The quantitative estimate of drug-likeness (QED) is 0.324. The van der Waals surface area contributed by atoms with E-state index in [4.69, 9.17) is 0 Å². The minimum atomic E-state index is 0.307. The largest absolute Gasteiger partial charge is 0.507 e. The van der Waals surface area contributed by atoms with Gasteiger partial charge in [0.15, 0.2) is 0 Å². The molecule has 0 heterocycles. The molecular weight excluding hydrogens is 376 g/mol. The number of benzene rings is 5. The molecule has 1 nitrogen and oxygen atoms in total. The first-order valence-electron chi connectivity index (χ1n) is 10.4. The Morgan fingerprint density at radius 3 is 1.06 bits per heavy atom. The van der Waals surface area contributed by atoms with E-state index in [9.17, 15) is 5.11 Å². The van der Waals surface area contributed by atoms with Crippen LogP contribution in [-0.4, -0.2) is 5.11 Å². The first-order valence-corrected chi connectivity index (χ1v) is 10.4. The summed E-state index contributed by atoms with van der Waals surface area (Å²) in [6.45, 7) is 0. The molecule has 0 bridgehead atoms. The lowest BCUT2D eigenvalue weighted by atomic mass is 9.91. The van der Waals surface area contributed by atoms with Crippen molar-refractivity contribution in [3.8, 4) is 50.3 Å². The van der Waals surface area contributed by atoms with E-state index in [1.165, 1.54) is 11.1 Å². The molecule has 0 saturated heterocycles. The van der Waals surface area contributed by atoms with Crippen LogP contribution in [0.4, 0.5) is 0 Å². The Bertz CT molecular complexity index is 1230. The maximum Gasteiger partial charge on any atom is 0.131 e. The van der Waals surface area contributed by atoms with Gasteiger partial charge >= 0.3 is 0 Å². The van der Waals surface area contributed by atoms with E-state index in [1.807, 2.05) is 66.7 Å². The van der Waals surface area contributed by atoms with E-state index in [2.05, 4.69) is 60.7 Å². The number of phenols is 1. The summed E-state index contributed by atoms with van der Waals surface area (Å²) in [7, 11) is 0. The Morgan fingerprint density at radius 1 is 0.323 bits per heavy atom. The molecule has 5 aromatic carbocycles. The lowest BCUT2D eigenvalue weighted by Gasteiger charge is -2.14. The zero-order valence-electron chi connectivity index (χ0n) is 17.1. The molecule has 0 fully saturated rings. The summed E-state index contributed by atoms with van der Waals surface area (Å²) >= 11 is 0. The second-order valence-electron chi connectivity index (χ2n) is 7.60. The van der Waals surface area contributed by atoms with Gasteiger partial charge in [-0.25, -0.2) is 0 Å². The van der Waals surface area contributed by atoms with E-state index in [1.54, 1.807) is 0 Å². The highest BCUT2D eigenvalue weighted by molar-refractivity contribution is 5.88. The van der Waals surface area contributed by atoms with Gasteiger partial charge < -0.3 is 5.11 Å². The molecule has 148 valence electrons. The minimum absolute atomic E-state index is 0.307. The van der Waals surface area contributed by atoms with Crippen LogP contribution < -0.4 is 0 Å². The summed E-state index contributed by atoms with van der Waals surface area (Å²) in [6, 6.07) is 43.3. The SMILES string of the molecule is Oc1c(-c2ccccc2)cc(-c2ccc(-c3ccccc3)cc2)cc1-c1ccccc1. The van der Waals surface area contributed by atoms with Gasteiger partial charge in [-0.1, -0.05) is 115 Å². The highest BCUT2D eigenvalue weighted by atomic mass is 16.3. The Labute approximate surface area is 182 Å². The maximum atomic E-state index is 11.2. The molecule has 5 rings (SSSR count). The Balaban J connectivity index is 1.65. The second kappa shape index (κ2) is 8.33. The molecule has 0 saturated carbocycles. The number of aromatic hydroxyl groups is 1. The first-order chi connectivity index (χ1) is 15.3. The fourth-order valence-electron chi connectivity index (χ4n) is 3.96. The molecule has 31 heavy (non-hydrogen) atoms. The molecule has 0 unspecified atom stereocenters. The molecule has 0 amide bonds. The third-order valence-corrected chi connectivity index (χ3v) is 5.60.